The Labute approximate surface area is 252 Å². The van der Waals surface area contributed by atoms with Crippen LogP contribution in [0.15, 0.2) is 104 Å². The quantitative estimate of drug-likeness (QED) is 0.156. The zero-order valence-electron chi connectivity index (χ0n) is 22.2. The molecule has 0 unspecified atom stereocenters. The summed E-state index contributed by atoms with van der Waals surface area (Å²) in [6.45, 7) is 2.24. The van der Waals surface area contributed by atoms with Gasteiger partial charge in [-0.05, 0) is 83.0 Å². The fourth-order valence-electron chi connectivity index (χ4n) is 4.47. The molecule has 2 heterocycles. The Morgan fingerprint density at radius 2 is 1.86 bits per heavy atom. The lowest BCUT2D eigenvalue weighted by atomic mass is 10.2. The van der Waals surface area contributed by atoms with Gasteiger partial charge in [-0.1, -0.05) is 41.9 Å². The maximum absolute atomic E-state index is 14.1. The molecule has 2 aromatic heterocycles. The van der Waals surface area contributed by atoms with E-state index in [1.165, 1.54) is 17.0 Å². The zero-order chi connectivity index (χ0) is 29.2. The Morgan fingerprint density at radius 3 is 2.69 bits per heavy atom. The second kappa shape index (κ2) is 11.8. The Bertz CT molecular complexity index is 2040. The molecule has 6 rings (SSSR count). The van der Waals surface area contributed by atoms with Gasteiger partial charge in [-0.25, -0.2) is 9.37 Å². The van der Waals surface area contributed by atoms with Crippen LogP contribution in [-0.2, 0) is 6.61 Å². The second-order valence-corrected chi connectivity index (χ2v) is 10.5. The third kappa shape index (κ3) is 5.53. The van der Waals surface area contributed by atoms with Gasteiger partial charge in [0.05, 0.1) is 28.2 Å². The number of rotatable bonds is 8. The summed E-state index contributed by atoms with van der Waals surface area (Å²) in [7, 11) is 0. The summed E-state index contributed by atoms with van der Waals surface area (Å²) in [6.07, 6.45) is 1.52. The number of benzene rings is 4. The molecule has 0 aliphatic rings. The first-order chi connectivity index (χ1) is 20.4. The molecule has 0 aliphatic heterocycles. The molecule has 0 spiro atoms. The van der Waals surface area contributed by atoms with Crippen LogP contribution in [0.2, 0.25) is 5.02 Å². The van der Waals surface area contributed by atoms with Crippen LogP contribution in [0.5, 0.6) is 11.5 Å². The van der Waals surface area contributed by atoms with Crippen molar-refractivity contribution in [3.8, 4) is 23.1 Å². The van der Waals surface area contributed by atoms with E-state index in [4.69, 9.17) is 30.5 Å². The van der Waals surface area contributed by atoms with Crippen molar-refractivity contribution in [3.05, 3.63) is 122 Å². The summed E-state index contributed by atoms with van der Waals surface area (Å²) >= 11 is 9.71. The van der Waals surface area contributed by atoms with E-state index in [0.717, 1.165) is 5.39 Å². The van der Waals surface area contributed by atoms with E-state index in [0.29, 0.717) is 61.0 Å². The Hall–Kier alpha value is -4.47. The molecule has 42 heavy (non-hydrogen) atoms. The van der Waals surface area contributed by atoms with Crippen molar-refractivity contribution in [1.82, 2.24) is 9.66 Å². The van der Waals surface area contributed by atoms with Crippen LogP contribution in [0, 0.1) is 5.82 Å². The number of hydrogen-bond donors (Lipinski definition) is 0. The molecule has 0 N–H and O–H groups in total. The van der Waals surface area contributed by atoms with Gasteiger partial charge in [-0.3, -0.25) is 4.79 Å². The maximum atomic E-state index is 14.1. The molecule has 0 amide bonds. The van der Waals surface area contributed by atoms with Crippen LogP contribution in [0.4, 0.5) is 4.39 Å². The SMILES string of the molecule is CCOc1cc(C=Nn2c(-c3cc4cc(Cl)ccc4o3)nc3ccccc3c2=O)cc(Br)c1OCc1ccccc1F. The highest BCUT2D eigenvalue weighted by Crippen LogP contribution is 2.37. The van der Waals surface area contributed by atoms with Crippen LogP contribution < -0.4 is 15.0 Å². The first-order valence-electron chi connectivity index (χ1n) is 13.0. The molecule has 0 saturated heterocycles. The first kappa shape index (κ1) is 27.7. The number of ether oxygens (including phenoxy) is 2. The highest BCUT2D eigenvalue weighted by Gasteiger charge is 2.18. The number of para-hydroxylation sites is 1. The van der Waals surface area contributed by atoms with E-state index in [2.05, 4.69) is 21.0 Å². The van der Waals surface area contributed by atoms with Gasteiger partial charge in [0.2, 0.25) is 5.82 Å². The fourth-order valence-corrected chi connectivity index (χ4v) is 5.22. The van der Waals surface area contributed by atoms with Gasteiger partial charge in [-0.2, -0.15) is 9.78 Å². The van der Waals surface area contributed by atoms with Crippen molar-refractivity contribution in [1.29, 1.82) is 0 Å². The molecule has 10 heteroatoms. The topological polar surface area (TPSA) is 78.9 Å². The average Bonchev–Trinajstić information content (AvgIpc) is 3.40. The smallest absolute Gasteiger partial charge is 0.282 e. The van der Waals surface area contributed by atoms with Gasteiger partial charge in [0.1, 0.15) is 18.0 Å². The fraction of sp³-hybridized carbons (Fsp3) is 0.0938. The molecule has 6 aromatic rings. The normalized spacial score (nSPS) is 11.5. The average molecular weight is 647 g/mol. The number of hydrogen-bond acceptors (Lipinski definition) is 6. The van der Waals surface area contributed by atoms with Crippen LogP contribution >= 0.6 is 27.5 Å². The van der Waals surface area contributed by atoms with Crippen LogP contribution in [0.1, 0.15) is 18.1 Å². The molecule has 0 radical (unpaired) electrons. The summed E-state index contributed by atoms with van der Waals surface area (Å²) in [6, 6.07) is 24.0. The Morgan fingerprint density at radius 1 is 1.05 bits per heavy atom. The number of aromatic nitrogens is 2. The first-order valence-corrected chi connectivity index (χ1v) is 14.2. The second-order valence-electron chi connectivity index (χ2n) is 9.25. The summed E-state index contributed by atoms with van der Waals surface area (Å²) in [5.41, 5.74) is 1.79. The van der Waals surface area contributed by atoms with E-state index in [1.54, 1.807) is 72.8 Å². The van der Waals surface area contributed by atoms with E-state index in [9.17, 15) is 9.18 Å². The molecular formula is C32H22BrClFN3O4. The predicted octanol–water partition coefficient (Wildman–Crippen LogP) is 8.22. The van der Waals surface area contributed by atoms with Crippen LogP contribution in [-0.4, -0.2) is 22.5 Å². The van der Waals surface area contributed by atoms with Gasteiger partial charge in [-0.15, -0.1) is 0 Å². The van der Waals surface area contributed by atoms with Crippen LogP contribution in [0.3, 0.4) is 0 Å². The molecule has 0 bridgehead atoms. The van der Waals surface area contributed by atoms with Crippen molar-refractivity contribution in [2.45, 2.75) is 13.5 Å². The van der Waals surface area contributed by atoms with Crippen LogP contribution in [0.25, 0.3) is 33.5 Å². The van der Waals surface area contributed by atoms with Crippen molar-refractivity contribution < 1.29 is 18.3 Å². The van der Waals surface area contributed by atoms with E-state index in [-0.39, 0.29) is 23.8 Å². The maximum Gasteiger partial charge on any atom is 0.282 e. The lowest BCUT2D eigenvalue weighted by molar-refractivity contribution is 0.264. The third-order valence-corrected chi connectivity index (χ3v) is 7.26. The largest absolute Gasteiger partial charge is 0.490 e. The summed E-state index contributed by atoms with van der Waals surface area (Å²) < 4.78 is 33.7. The molecular weight excluding hydrogens is 625 g/mol. The van der Waals surface area contributed by atoms with E-state index >= 15 is 0 Å². The summed E-state index contributed by atoms with van der Waals surface area (Å²) in [5.74, 6) is 1.09. The van der Waals surface area contributed by atoms with Crippen molar-refractivity contribution >= 4 is 55.6 Å². The molecule has 0 saturated carbocycles. The van der Waals surface area contributed by atoms with Crippen molar-refractivity contribution in [2.24, 2.45) is 5.10 Å². The minimum Gasteiger partial charge on any atom is -0.490 e. The van der Waals surface area contributed by atoms with Gasteiger partial charge >= 0.3 is 0 Å². The van der Waals surface area contributed by atoms with Gasteiger partial charge in [0, 0.05) is 16.0 Å². The van der Waals surface area contributed by atoms with E-state index < -0.39 is 0 Å². The minimum atomic E-state index is -0.362. The summed E-state index contributed by atoms with van der Waals surface area (Å²) in [4.78, 5) is 18.3. The molecule has 7 nitrogen and oxygen atoms in total. The highest BCUT2D eigenvalue weighted by molar-refractivity contribution is 9.10. The number of nitrogens with zero attached hydrogens (tertiary/aromatic N) is 3. The van der Waals surface area contributed by atoms with Gasteiger partial charge < -0.3 is 13.9 Å². The summed E-state index contributed by atoms with van der Waals surface area (Å²) in [5, 5.41) is 6.27. The molecule has 0 fully saturated rings. The lowest BCUT2D eigenvalue weighted by Gasteiger charge is -2.15. The lowest BCUT2D eigenvalue weighted by Crippen LogP contribution is -2.20. The van der Waals surface area contributed by atoms with E-state index in [1.807, 2.05) is 13.0 Å². The molecule has 0 atom stereocenters. The Balaban J connectivity index is 1.41. The van der Waals surface area contributed by atoms with Gasteiger partial charge in [0.25, 0.3) is 5.56 Å². The monoisotopic (exact) mass is 645 g/mol. The number of halogens is 3. The zero-order valence-corrected chi connectivity index (χ0v) is 24.5. The molecule has 0 aliphatic carbocycles. The van der Waals surface area contributed by atoms with Crippen molar-refractivity contribution in [2.75, 3.05) is 6.61 Å². The third-order valence-electron chi connectivity index (χ3n) is 6.44. The minimum absolute atomic E-state index is 0.0169. The Kier molecular flexibility index (Phi) is 7.78. The highest BCUT2D eigenvalue weighted by atomic mass is 79.9. The standard InChI is InChI=1S/C32H22BrClFN3O4/c1-2-40-28-14-19(13-24(33)30(28)41-18-20-7-3-5-9-25(20)35)17-36-38-31(37-26-10-6-4-8-23(26)32(38)39)29-16-21-15-22(34)11-12-27(21)42-29/h3-17H,2,18H2,1H3. The number of furan rings is 1. The number of fused-ring (bicyclic) bond motifs is 2. The van der Waals surface area contributed by atoms with Crippen molar-refractivity contribution in [3.63, 3.8) is 0 Å². The predicted molar refractivity (Wildman–Crippen MR) is 165 cm³/mol. The molecule has 4 aromatic carbocycles. The van der Waals surface area contributed by atoms with Gasteiger partial charge in [0.15, 0.2) is 17.3 Å². The molecule has 210 valence electrons.